The number of hydrogen-bond donors (Lipinski definition) is 3. The molecule has 0 atom stereocenters. The molecular weight excluding hydrogens is 598 g/mol. The summed E-state index contributed by atoms with van der Waals surface area (Å²) in [4.78, 5) is 36.5. The Balaban J connectivity index is 0.000000648. The number of nitrogens with zero attached hydrogens (tertiary/aromatic N) is 1. The van der Waals surface area contributed by atoms with Gasteiger partial charge < -0.3 is 26.0 Å². The number of rotatable bonds is 8. The number of ether oxygens (including phenoxy) is 1. The average molecular weight is 641 g/mol. The summed E-state index contributed by atoms with van der Waals surface area (Å²) < 4.78 is 30.7. The van der Waals surface area contributed by atoms with E-state index in [2.05, 4.69) is 48.3 Å². The molecule has 0 aromatic heterocycles. The number of methoxy groups -OCH3 is 1. The second kappa shape index (κ2) is 23.6. The van der Waals surface area contributed by atoms with Gasteiger partial charge in [-0.2, -0.15) is 0 Å². The van der Waals surface area contributed by atoms with Crippen LogP contribution in [0, 0.1) is 24.5 Å². The number of primary amides is 1. The number of amides is 3. The van der Waals surface area contributed by atoms with E-state index in [0.29, 0.717) is 0 Å². The lowest BCUT2D eigenvalue weighted by molar-refractivity contribution is -0.128. The summed E-state index contributed by atoms with van der Waals surface area (Å²) >= 11 is 1.79. The van der Waals surface area contributed by atoms with Crippen LogP contribution >= 0.6 is 11.8 Å². The van der Waals surface area contributed by atoms with E-state index in [1.165, 1.54) is 37.1 Å². The Morgan fingerprint density at radius 1 is 0.978 bits per heavy atom. The summed E-state index contributed by atoms with van der Waals surface area (Å²) in [6.45, 7) is 11.1. The van der Waals surface area contributed by atoms with E-state index in [9.17, 15) is 23.2 Å². The summed E-state index contributed by atoms with van der Waals surface area (Å²) in [6, 6.07) is 17.9. The van der Waals surface area contributed by atoms with Crippen LogP contribution in [-0.2, 0) is 9.59 Å². The average Bonchev–Trinajstić information content (AvgIpc) is 3.60. The SMILES string of the molecule is C#C.C=C.CCSc1ccc(NC(C)=O)cc1.COc1ccccc1F.NC(=O)c1ccc(F)c(NCC(=O)N2CCCC2)c1. The third-order valence-electron chi connectivity index (χ3n) is 5.68. The zero-order valence-corrected chi connectivity index (χ0v) is 26.8. The predicted octanol–water partition coefficient (Wildman–Crippen LogP) is 6.60. The van der Waals surface area contributed by atoms with E-state index in [-0.39, 0.29) is 41.2 Å². The van der Waals surface area contributed by atoms with Crippen molar-refractivity contribution < 1.29 is 27.9 Å². The summed E-state index contributed by atoms with van der Waals surface area (Å²) in [7, 11) is 1.44. The number of nitrogens with two attached hydrogens (primary N) is 1. The van der Waals surface area contributed by atoms with Crippen molar-refractivity contribution in [1.82, 2.24) is 4.90 Å². The smallest absolute Gasteiger partial charge is 0.248 e. The minimum absolute atomic E-state index is 0.0130. The number of para-hydroxylation sites is 1. The maximum absolute atomic E-state index is 13.5. The van der Waals surface area contributed by atoms with Crippen LogP contribution in [0.2, 0.25) is 0 Å². The Kier molecular flexibility index (Phi) is 21.1. The molecule has 0 spiro atoms. The Labute approximate surface area is 269 Å². The van der Waals surface area contributed by atoms with Crippen molar-refractivity contribution in [1.29, 1.82) is 0 Å². The zero-order chi connectivity index (χ0) is 34.2. The summed E-state index contributed by atoms with van der Waals surface area (Å²) in [5, 5.41) is 5.44. The summed E-state index contributed by atoms with van der Waals surface area (Å²) in [5.74, 6) is -0.206. The van der Waals surface area contributed by atoms with Crippen molar-refractivity contribution in [3.8, 4) is 18.6 Å². The highest BCUT2D eigenvalue weighted by Crippen LogP contribution is 2.20. The van der Waals surface area contributed by atoms with Crippen molar-refractivity contribution in [3.05, 3.63) is 97.1 Å². The van der Waals surface area contributed by atoms with Gasteiger partial charge in [-0.1, -0.05) is 19.1 Å². The van der Waals surface area contributed by atoms with Crippen molar-refractivity contribution in [3.63, 3.8) is 0 Å². The molecule has 0 unspecified atom stereocenters. The van der Waals surface area contributed by atoms with Crippen LogP contribution < -0.4 is 21.1 Å². The molecule has 11 heteroatoms. The normalized spacial score (nSPS) is 10.9. The van der Waals surface area contributed by atoms with Gasteiger partial charge in [0.2, 0.25) is 17.7 Å². The summed E-state index contributed by atoms with van der Waals surface area (Å²) in [6.07, 6.45) is 10.0. The topological polar surface area (TPSA) is 114 Å². The molecule has 0 saturated carbocycles. The number of benzene rings is 3. The highest BCUT2D eigenvalue weighted by molar-refractivity contribution is 7.99. The molecule has 0 aliphatic carbocycles. The Morgan fingerprint density at radius 2 is 1.58 bits per heavy atom. The van der Waals surface area contributed by atoms with Gasteiger partial charge in [-0.05, 0) is 73.2 Å². The Bertz CT molecular complexity index is 1350. The van der Waals surface area contributed by atoms with E-state index < -0.39 is 11.7 Å². The molecule has 4 N–H and O–H groups in total. The maximum Gasteiger partial charge on any atom is 0.248 e. The lowest BCUT2D eigenvalue weighted by Crippen LogP contribution is -2.33. The van der Waals surface area contributed by atoms with Crippen LogP contribution in [0.3, 0.4) is 0 Å². The van der Waals surface area contributed by atoms with Gasteiger partial charge in [-0.15, -0.1) is 37.8 Å². The van der Waals surface area contributed by atoms with Gasteiger partial charge in [-0.25, -0.2) is 8.78 Å². The van der Waals surface area contributed by atoms with Crippen LogP contribution in [0.1, 0.15) is 37.0 Å². The quantitative estimate of drug-likeness (QED) is 0.145. The van der Waals surface area contributed by atoms with Gasteiger partial charge in [0.1, 0.15) is 5.82 Å². The lowest BCUT2D eigenvalue weighted by Gasteiger charge is -2.16. The number of carbonyl (C=O) groups excluding carboxylic acids is 3. The monoisotopic (exact) mass is 640 g/mol. The van der Waals surface area contributed by atoms with Crippen LogP contribution in [0.25, 0.3) is 0 Å². The van der Waals surface area contributed by atoms with Gasteiger partial charge in [0.15, 0.2) is 11.6 Å². The molecule has 3 aromatic carbocycles. The number of thioether (sulfide) groups is 1. The number of halogens is 2. The molecule has 1 fully saturated rings. The van der Waals surface area contributed by atoms with Crippen molar-refractivity contribution >= 4 is 40.9 Å². The molecule has 1 aliphatic heterocycles. The largest absolute Gasteiger partial charge is 0.494 e. The number of terminal acetylenes is 1. The molecule has 1 saturated heterocycles. The fourth-order valence-corrected chi connectivity index (χ4v) is 4.34. The van der Waals surface area contributed by atoms with Gasteiger partial charge in [-0.3, -0.25) is 14.4 Å². The molecule has 242 valence electrons. The van der Waals surface area contributed by atoms with E-state index in [0.717, 1.165) is 43.4 Å². The van der Waals surface area contributed by atoms with E-state index in [1.54, 1.807) is 34.9 Å². The lowest BCUT2D eigenvalue weighted by atomic mass is 10.2. The maximum atomic E-state index is 13.5. The first kappa shape index (κ1) is 40.2. The summed E-state index contributed by atoms with van der Waals surface area (Å²) in [5.41, 5.74) is 6.30. The van der Waals surface area contributed by atoms with E-state index >= 15 is 0 Å². The van der Waals surface area contributed by atoms with Crippen molar-refractivity contribution in [2.75, 3.05) is 43.1 Å². The zero-order valence-electron chi connectivity index (χ0n) is 26.0. The third kappa shape index (κ3) is 16.0. The molecule has 4 rings (SSSR count). The van der Waals surface area contributed by atoms with Gasteiger partial charge >= 0.3 is 0 Å². The second-order valence-electron chi connectivity index (χ2n) is 8.77. The molecule has 3 amide bonds. The fourth-order valence-electron chi connectivity index (χ4n) is 3.68. The molecule has 1 heterocycles. The van der Waals surface area contributed by atoms with Crippen molar-refractivity contribution in [2.45, 2.75) is 31.6 Å². The highest BCUT2D eigenvalue weighted by atomic mass is 32.2. The van der Waals surface area contributed by atoms with E-state index in [4.69, 9.17) is 5.73 Å². The van der Waals surface area contributed by atoms with Crippen LogP contribution in [0.4, 0.5) is 20.2 Å². The third-order valence-corrected chi connectivity index (χ3v) is 6.58. The molecule has 3 aromatic rings. The molecular formula is C34H42F2N4O4S. The fraction of sp³-hybridized carbons (Fsp3) is 0.265. The number of carbonyl (C=O) groups is 3. The Hall–Kier alpha value is -4.82. The van der Waals surface area contributed by atoms with Gasteiger partial charge in [0.05, 0.1) is 19.3 Å². The highest BCUT2D eigenvalue weighted by Gasteiger charge is 2.18. The number of anilines is 2. The van der Waals surface area contributed by atoms with Gasteiger partial charge in [0.25, 0.3) is 0 Å². The standard InChI is InChI=1S/C13H16FN3O2.C10H13NOS.C7H7FO.C2H4.C2H2/c14-10-4-3-9(13(15)19)7-11(10)16-8-12(18)17-5-1-2-6-17;1-3-13-10-6-4-9(5-7-10)11-8(2)12;1-9-7-5-3-2-4-6(7)8;2*1-2/h3-4,7,16H,1-2,5-6,8H2,(H2,15,19);4-7H,3H2,1-2H3,(H,11,12);2-5H,1H3;1-2H2;1-2H. The predicted molar refractivity (Wildman–Crippen MR) is 180 cm³/mol. The number of likely N-dealkylation sites (tertiary alicyclic amines) is 1. The minimum atomic E-state index is -0.631. The minimum Gasteiger partial charge on any atom is -0.494 e. The number of nitrogens with one attached hydrogen (secondary N) is 2. The second-order valence-corrected chi connectivity index (χ2v) is 10.1. The first-order chi connectivity index (χ1) is 21.6. The van der Waals surface area contributed by atoms with Crippen LogP contribution in [0.5, 0.6) is 5.75 Å². The molecule has 0 bridgehead atoms. The molecule has 45 heavy (non-hydrogen) atoms. The molecule has 1 aliphatic rings. The van der Waals surface area contributed by atoms with Crippen molar-refractivity contribution in [2.24, 2.45) is 5.73 Å². The van der Waals surface area contributed by atoms with Crippen LogP contribution in [-0.4, -0.2) is 55.1 Å². The molecule has 8 nitrogen and oxygen atoms in total. The van der Waals surface area contributed by atoms with Crippen LogP contribution in [0.15, 0.2) is 84.8 Å². The number of hydrogen-bond acceptors (Lipinski definition) is 6. The van der Waals surface area contributed by atoms with Gasteiger partial charge in [0, 0.05) is 36.2 Å². The first-order valence-electron chi connectivity index (χ1n) is 13.9. The molecule has 0 radical (unpaired) electrons. The van der Waals surface area contributed by atoms with E-state index in [1.807, 2.05) is 24.3 Å². The first-order valence-corrected chi connectivity index (χ1v) is 14.9. The Morgan fingerprint density at radius 3 is 2.07 bits per heavy atom.